The van der Waals surface area contributed by atoms with Crippen LogP contribution in [-0.2, 0) is 27.3 Å². The van der Waals surface area contributed by atoms with Gasteiger partial charge in [-0.25, -0.2) is 4.99 Å². The summed E-state index contributed by atoms with van der Waals surface area (Å²) in [6, 6.07) is 8.29. The van der Waals surface area contributed by atoms with Gasteiger partial charge >= 0.3 is 5.97 Å². The maximum atomic E-state index is 12.7. The summed E-state index contributed by atoms with van der Waals surface area (Å²) in [5.74, 6) is 0.618. The number of carbonyl (C=O) groups excluding carboxylic acids is 2. The first-order valence-electron chi connectivity index (χ1n) is 10.1. The standard InChI is InChI=1S/C21H30N4O3/c1-3-22-21(24-11-9-17(10-12-24)20(27)28-2)23-14-19(26)25-13-8-16-6-4-5-7-18(16)15-25/h4-7,17H,3,8-15H2,1-2H3,(H,22,23). The third-order valence-corrected chi connectivity index (χ3v) is 5.51. The molecule has 0 atom stereocenters. The highest BCUT2D eigenvalue weighted by molar-refractivity contribution is 5.85. The Labute approximate surface area is 166 Å². The number of piperidine rings is 1. The SMILES string of the molecule is CCNC(=NCC(=O)N1CCc2ccccc2C1)N1CCC(C(=O)OC)CC1. The second-order valence-corrected chi connectivity index (χ2v) is 7.29. The first-order valence-corrected chi connectivity index (χ1v) is 10.1. The number of esters is 1. The molecule has 0 radical (unpaired) electrons. The summed E-state index contributed by atoms with van der Waals surface area (Å²) in [6.45, 7) is 5.76. The van der Waals surface area contributed by atoms with Crippen molar-refractivity contribution in [3.63, 3.8) is 0 Å². The zero-order valence-corrected chi connectivity index (χ0v) is 16.8. The lowest BCUT2D eigenvalue weighted by Gasteiger charge is -2.33. The molecule has 0 bridgehead atoms. The Hall–Kier alpha value is -2.57. The van der Waals surface area contributed by atoms with Crippen LogP contribution < -0.4 is 5.32 Å². The van der Waals surface area contributed by atoms with Crippen molar-refractivity contribution in [2.24, 2.45) is 10.9 Å². The summed E-state index contributed by atoms with van der Waals surface area (Å²) in [4.78, 5) is 33.0. The summed E-state index contributed by atoms with van der Waals surface area (Å²) in [7, 11) is 1.44. The number of rotatable bonds is 4. The largest absolute Gasteiger partial charge is 0.469 e. The van der Waals surface area contributed by atoms with Crippen molar-refractivity contribution in [3.8, 4) is 0 Å². The molecule has 2 heterocycles. The van der Waals surface area contributed by atoms with Crippen LogP contribution in [0.15, 0.2) is 29.3 Å². The summed E-state index contributed by atoms with van der Waals surface area (Å²) in [5, 5.41) is 3.27. The number of guanidine groups is 1. The molecule has 1 aromatic rings. The van der Waals surface area contributed by atoms with Crippen molar-refractivity contribution in [3.05, 3.63) is 35.4 Å². The summed E-state index contributed by atoms with van der Waals surface area (Å²) in [6.07, 6.45) is 2.38. The fraction of sp³-hybridized carbons (Fsp3) is 0.571. The molecule has 7 heteroatoms. The van der Waals surface area contributed by atoms with Crippen molar-refractivity contribution in [2.75, 3.05) is 39.8 Å². The highest BCUT2D eigenvalue weighted by Gasteiger charge is 2.27. The molecule has 0 aliphatic carbocycles. The summed E-state index contributed by atoms with van der Waals surface area (Å²) >= 11 is 0. The second kappa shape index (κ2) is 9.57. The van der Waals surface area contributed by atoms with Crippen LogP contribution >= 0.6 is 0 Å². The molecule has 28 heavy (non-hydrogen) atoms. The zero-order valence-electron chi connectivity index (χ0n) is 16.8. The van der Waals surface area contributed by atoms with Crippen molar-refractivity contribution in [1.29, 1.82) is 0 Å². The van der Waals surface area contributed by atoms with E-state index in [1.165, 1.54) is 18.2 Å². The van der Waals surface area contributed by atoms with Gasteiger partial charge in [-0.05, 0) is 37.3 Å². The lowest BCUT2D eigenvalue weighted by Crippen LogP contribution is -2.47. The minimum absolute atomic E-state index is 0.0424. The third-order valence-electron chi connectivity index (χ3n) is 5.51. The number of ether oxygens (including phenoxy) is 1. The van der Waals surface area contributed by atoms with E-state index in [0.29, 0.717) is 6.54 Å². The molecule has 0 saturated carbocycles. The minimum Gasteiger partial charge on any atom is -0.469 e. The van der Waals surface area contributed by atoms with Crippen LogP contribution in [0.4, 0.5) is 0 Å². The average Bonchev–Trinajstić information content (AvgIpc) is 2.75. The molecule has 0 unspecified atom stereocenters. The van der Waals surface area contributed by atoms with Gasteiger partial charge in [-0.1, -0.05) is 24.3 Å². The number of aliphatic imine (C=N–C) groups is 1. The van der Waals surface area contributed by atoms with Crippen LogP contribution in [0.2, 0.25) is 0 Å². The van der Waals surface area contributed by atoms with E-state index in [2.05, 4.69) is 27.3 Å². The number of nitrogens with one attached hydrogen (secondary N) is 1. The molecule has 3 rings (SSSR count). The molecule has 1 saturated heterocycles. The molecular formula is C21H30N4O3. The van der Waals surface area contributed by atoms with Crippen LogP contribution in [0.1, 0.15) is 30.9 Å². The van der Waals surface area contributed by atoms with E-state index in [1.807, 2.05) is 24.0 Å². The van der Waals surface area contributed by atoms with Gasteiger partial charge in [-0.3, -0.25) is 9.59 Å². The van der Waals surface area contributed by atoms with Gasteiger partial charge in [-0.2, -0.15) is 0 Å². The number of benzene rings is 1. The van der Waals surface area contributed by atoms with Crippen LogP contribution in [0, 0.1) is 5.92 Å². The molecule has 1 fully saturated rings. The molecule has 2 aliphatic heterocycles. The number of fused-ring (bicyclic) bond motifs is 1. The van der Waals surface area contributed by atoms with E-state index >= 15 is 0 Å². The van der Waals surface area contributed by atoms with Crippen molar-refractivity contribution in [2.45, 2.75) is 32.7 Å². The van der Waals surface area contributed by atoms with Crippen molar-refractivity contribution >= 4 is 17.8 Å². The highest BCUT2D eigenvalue weighted by Crippen LogP contribution is 2.20. The Morgan fingerprint density at radius 1 is 1.14 bits per heavy atom. The average molecular weight is 386 g/mol. The van der Waals surface area contributed by atoms with E-state index in [1.54, 1.807) is 0 Å². The predicted octanol–water partition coefficient (Wildman–Crippen LogP) is 1.42. The van der Waals surface area contributed by atoms with E-state index in [0.717, 1.165) is 51.4 Å². The Bertz CT molecular complexity index is 726. The van der Waals surface area contributed by atoms with Crippen LogP contribution in [0.25, 0.3) is 0 Å². The van der Waals surface area contributed by atoms with E-state index < -0.39 is 0 Å². The summed E-state index contributed by atoms with van der Waals surface area (Å²) < 4.78 is 4.85. The normalized spacial score (nSPS) is 17.9. The molecular weight excluding hydrogens is 356 g/mol. The van der Waals surface area contributed by atoms with Gasteiger partial charge in [-0.15, -0.1) is 0 Å². The predicted molar refractivity (Wildman–Crippen MR) is 108 cm³/mol. The van der Waals surface area contributed by atoms with Gasteiger partial charge in [0.25, 0.3) is 0 Å². The molecule has 152 valence electrons. The second-order valence-electron chi connectivity index (χ2n) is 7.29. The summed E-state index contributed by atoms with van der Waals surface area (Å²) in [5.41, 5.74) is 2.56. The Morgan fingerprint density at radius 2 is 1.86 bits per heavy atom. The zero-order chi connectivity index (χ0) is 19.9. The molecule has 2 aliphatic rings. The van der Waals surface area contributed by atoms with Crippen LogP contribution in [0.3, 0.4) is 0 Å². The maximum Gasteiger partial charge on any atom is 0.308 e. The van der Waals surface area contributed by atoms with Gasteiger partial charge in [0.15, 0.2) is 5.96 Å². The lowest BCUT2D eigenvalue weighted by atomic mass is 9.97. The monoisotopic (exact) mass is 386 g/mol. The minimum atomic E-state index is -0.137. The number of nitrogens with zero attached hydrogens (tertiary/aromatic N) is 3. The van der Waals surface area contributed by atoms with E-state index in [9.17, 15) is 9.59 Å². The van der Waals surface area contributed by atoms with Gasteiger partial charge in [0.1, 0.15) is 6.54 Å². The van der Waals surface area contributed by atoms with Gasteiger partial charge in [0.05, 0.1) is 13.0 Å². The maximum absolute atomic E-state index is 12.7. The first kappa shape index (κ1) is 20.2. The molecule has 1 aromatic carbocycles. The van der Waals surface area contributed by atoms with Crippen molar-refractivity contribution < 1.29 is 14.3 Å². The van der Waals surface area contributed by atoms with E-state index in [-0.39, 0.29) is 24.3 Å². The number of hydrogen-bond donors (Lipinski definition) is 1. The topological polar surface area (TPSA) is 74.2 Å². The fourth-order valence-corrected chi connectivity index (χ4v) is 3.87. The Balaban J connectivity index is 1.57. The first-order chi connectivity index (χ1) is 13.6. The van der Waals surface area contributed by atoms with Gasteiger partial charge in [0.2, 0.25) is 5.91 Å². The molecule has 0 aromatic heterocycles. The van der Waals surface area contributed by atoms with E-state index in [4.69, 9.17) is 4.74 Å². The fourth-order valence-electron chi connectivity index (χ4n) is 3.87. The number of carbonyl (C=O) groups is 2. The molecule has 7 nitrogen and oxygen atoms in total. The molecule has 1 amide bonds. The number of methoxy groups -OCH3 is 1. The lowest BCUT2D eigenvalue weighted by molar-refractivity contribution is -0.146. The Morgan fingerprint density at radius 3 is 2.54 bits per heavy atom. The van der Waals surface area contributed by atoms with Crippen LogP contribution in [0.5, 0.6) is 0 Å². The van der Waals surface area contributed by atoms with Gasteiger partial charge < -0.3 is 19.9 Å². The van der Waals surface area contributed by atoms with Crippen LogP contribution in [-0.4, -0.2) is 67.5 Å². The third kappa shape index (κ3) is 4.82. The number of amides is 1. The number of likely N-dealkylation sites (tertiary alicyclic amines) is 1. The van der Waals surface area contributed by atoms with Crippen molar-refractivity contribution in [1.82, 2.24) is 15.1 Å². The highest BCUT2D eigenvalue weighted by atomic mass is 16.5. The quantitative estimate of drug-likeness (QED) is 0.481. The smallest absolute Gasteiger partial charge is 0.308 e. The number of hydrogen-bond acceptors (Lipinski definition) is 4. The molecule has 1 N–H and O–H groups in total. The van der Waals surface area contributed by atoms with Gasteiger partial charge in [0, 0.05) is 32.7 Å². The Kier molecular flexibility index (Phi) is 6.90. The molecule has 0 spiro atoms.